The van der Waals surface area contributed by atoms with Gasteiger partial charge < -0.3 is 10.2 Å². The monoisotopic (exact) mass is 336 g/mol. The number of rotatable bonds is 4. The molecule has 25 heavy (non-hydrogen) atoms. The number of carbonyl (C=O) groups excluding carboxylic acids is 1. The first-order chi connectivity index (χ1) is 12.0. The van der Waals surface area contributed by atoms with Crippen molar-refractivity contribution in [2.75, 3.05) is 19.0 Å². The molecule has 0 fully saturated rings. The van der Waals surface area contributed by atoms with Crippen LogP contribution < -0.4 is 10.2 Å². The fourth-order valence-corrected chi connectivity index (χ4v) is 2.65. The molecule has 0 spiro atoms. The van der Waals surface area contributed by atoms with Crippen molar-refractivity contribution < 1.29 is 4.79 Å². The van der Waals surface area contributed by atoms with E-state index in [-0.39, 0.29) is 11.7 Å². The molecule has 0 saturated heterocycles. The van der Waals surface area contributed by atoms with Gasteiger partial charge in [0.25, 0.3) is 5.91 Å². The van der Waals surface area contributed by atoms with Crippen LogP contribution in [-0.4, -0.2) is 39.9 Å². The number of aromatic nitrogens is 4. The van der Waals surface area contributed by atoms with Crippen molar-refractivity contribution in [2.24, 2.45) is 0 Å². The molecule has 3 heterocycles. The van der Waals surface area contributed by atoms with E-state index in [1.807, 2.05) is 51.0 Å². The Balaban J connectivity index is 1.97. The van der Waals surface area contributed by atoms with Crippen LogP contribution in [0.5, 0.6) is 0 Å². The van der Waals surface area contributed by atoms with Crippen LogP contribution in [-0.2, 0) is 6.54 Å². The highest BCUT2D eigenvalue weighted by Gasteiger charge is 2.17. The Morgan fingerprint density at radius 3 is 2.68 bits per heavy atom. The molecule has 0 aliphatic carbocycles. The maximum absolute atomic E-state index is 12.5. The third kappa shape index (κ3) is 3.55. The third-order valence-electron chi connectivity index (χ3n) is 3.78. The second-order valence-electron chi connectivity index (χ2n) is 6.09. The van der Waals surface area contributed by atoms with Gasteiger partial charge in [-0.1, -0.05) is 6.07 Å². The van der Waals surface area contributed by atoms with E-state index in [2.05, 4.69) is 25.3 Å². The molecule has 0 saturated carbocycles. The predicted molar refractivity (Wildman–Crippen MR) is 96.5 cm³/mol. The van der Waals surface area contributed by atoms with Crippen LogP contribution >= 0.6 is 0 Å². The van der Waals surface area contributed by atoms with E-state index in [1.165, 1.54) is 0 Å². The van der Waals surface area contributed by atoms with Gasteiger partial charge in [-0.05, 0) is 37.1 Å². The van der Waals surface area contributed by atoms with Gasteiger partial charge in [0.05, 0.1) is 5.39 Å². The SMILES string of the molecule is Cc1cc(C)c2c(N(C)C)nc(C(=O)NCc3cccnc3)nc2n1. The lowest BCUT2D eigenvalue weighted by Gasteiger charge is -2.16. The zero-order chi connectivity index (χ0) is 18.0. The van der Waals surface area contributed by atoms with Crippen molar-refractivity contribution in [3.05, 3.63) is 53.2 Å². The van der Waals surface area contributed by atoms with Crippen molar-refractivity contribution in [1.82, 2.24) is 25.3 Å². The normalized spacial score (nSPS) is 10.7. The molecule has 0 aliphatic rings. The molecule has 0 unspecified atom stereocenters. The summed E-state index contributed by atoms with van der Waals surface area (Å²) in [7, 11) is 3.77. The van der Waals surface area contributed by atoms with Crippen molar-refractivity contribution in [3.8, 4) is 0 Å². The molecule has 0 aliphatic heterocycles. The van der Waals surface area contributed by atoms with Crippen LogP contribution in [0.25, 0.3) is 11.0 Å². The number of anilines is 1. The fraction of sp³-hybridized carbons (Fsp3) is 0.278. The molecule has 3 aromatic heterocycles. The minimum absolute atomic E-state index is 0.109. The van der Waals surface area contributed by atoms with Gasteiger partial charge in [-0.2, -0.15) is 0 Å². The van der Waals surface area contributed by atoms with E-state index in [9.17, 15) is 4.79 Å². The molecule has 0 radical (unpaired) electrons. The average Bonchev–Trinajstić information content (AvgIpc) is 2.59. The summed E-state index contributed by atoms with van der Waals surface area (Å²) in [6.07, 6.45) is 3.40. The number of carbonyl (C=O) groups is 1. The van der Waals surface area contributed by atoms with Crippen LogP contribution in [0.4, 0.5) is 5.82 Å². The Hall–Kier alpha value is -3.09. The molecule has 3 aromatic rings. The molecule has 0 bridgehead atoms. The van der Waals surface area contributed by atoms with Crippen LogP contribution in [0.1, 0.15) is 27.4 Å². The summed E-state index contributed by atoms with van der Waals surface area (Å²) in [4.78, 5) is 31.7. The van der Waals surface area contributed by atoms with Crippen molar-refractivity contribution in [2.45, 2.75) is 20.4 Å². The lowest BCUT2D eigenvalue weighted by Crippen LogP contribution is -2.26. The molecule has 7 heteroatoms. The fourth-order valence-electron chi connectivity index (χ4n) is 2.65. The van der Waals surface area contributed by atoms with Gasteiger partial charge in [-0.3, -0.25) is 9.78 Å². The summed E-state index contributed by atoms with van der Waals surface area (Å²) in [5, 5.41) is 3.69. The minimum atomic E-state index is -0.338. The molecular formula is C18H20N6O. The molecule has 128 valence electrons. The summed E-state index contributed by atoms with van der Waals surface area (Å²) < 4.78 is 0. The van der Waals surface area contributed by atoms with Gasteiger partial charge >= 0.3 is 0 Å². The van der Waals surface area contributed by atoms with Gasteiger partial charge in [0.15, 0.2) is 5.65 Å². The Morgan fingerprint density at radius 2 is 2.00 bits per heavy atom. The van der Waals surface area contributed by atoms with E-state index < -0.39 is 0 Å². The number of nitrogens with one attached hydrogen (secondary N) is 1. The summed E-state index contributed by atoms with van der Waals surface area (Å²) in [6, 6.07) is 5.71. The predicted octanol–water partition coefficient (Wildman–Crippen LogP) is 2.03. The minimum Gasteiger partial charge on any atom is -0.362 e. The first-order valence-electron chi connectivity index (χ1n) is 7.96. The first-order valence-corrected chi connectivity index (χ1v) is 7.96. The number of hydrogen-bond acceptors (Lipinski definition) is 6. The summed E-state index contributed by atoms with van der Waals surface area (Å²) in [5.41, 5.74) is 3.33. The highest BCUT2D eigenvalue weighted by atomic mass is 16.2. The Kier molecular flexibility index (Phi) is 4.56. The van der Waals surface area contributed by atoms with E-state index in [0.717, 1.165) is 22.2 Å². The van der Waals surface area contributed by atoms with Gasteiger partial charge in [0.2, 0.25) is 5.82 Å². The van der Waals surface area contributed by atoms with Crippen molar-refractivity contribution in [3.63, 3.8) is 0 Å². The van der Waals surface area contributed by atoms with Crippen molar-refractivity contribution in [1.29, 1.82) is 0 Å². The van der Waals surface area contributed by atoms with Crippen LogP contribution in [0.15, 0.2) is 30.6 Å². The van der Waals surface area contributed by atoms with E-state index in [0.29, 0.717) is 18.0 Å². The number of nitrogens with zero attached hydrogens (tertiary/aromatic N) is 5. The third-order valence-corrected chi connectivity index (χ3v) is 3.78. The van der Waals surface area contributed by atoms with Gasteiger partial charge in [0.1, 0.15) is 5.82 Å². The number of hydrogen-bond donors (Lipinski definition) is 1. The van der Waals surface area contributed by atoms with Gasteiger partial charge in [-0.15, -0.1) is 0 Å². The zero-order valence-corrected chi connectivity index (χ0v) is 14.7. The number of amides is 1. The van der Waals surface area contributed by atoms with E-state index in [1.54, 1.807) is 12.4 Å². The summed E-state index contributed by atoms with van der Waals surface area (Å²) in [5.74, 6) is 0.453. The molecule has 0 atom stereocenters. The maximum atomic E-state index is 12.5. The summed E-state index contributed by atoms with van der Waals surface area (Å²) >= 11 is 0. The number of aryl methyl sites for hydroxylation is 2. The highest BCUT2D eigenvalue weighted by Crippen LogP contribution is 2.25. The topological polar surface area (TPSA) is 83.9 Å². The second-order valence-corrected chi connectivity index (χ2v) is 6.09. The van der Waals surface area contributed by atoms with E-state index >= 15 is 0 Å². The standard InChI is InChI=1S/C18H20N6O/c1-11-8-12(2)21-15-14(11)17(24(3)4)23-16(22-15)18(25)20-10-13-6-5-7-19-9-13/h5-9H,10H2,1-4H3,(H,20,25). The molecular weight excluding hydrogens is 316 g/mol. The number of pyridine rings is 2. The smallest absolute Gasteiger partial charge is 0.289 e. The van der Waals surface area contributed by atoms with Gasteiger partial charge in [0, 0.05) is 38.7 Å². The lowest BCUT2D eigenvalue weighted by molar-refractivity contribution is 0.0941. The Labute approximate surface area is 146 Å². The largest absolute Gasteiger partial charge is 0.362 e. The molecule has 1 N–H and O–H groups in total. The Bertz CT molecular complexity index is 924. The molecule has 7 nitrogen and oxygen atoms in total. The molecule has 0 aromatic carbocycles. The lowest BCUT2D eigenvalue weighted by atomic mass is 10.1. The zero-order valence-electron chi connectivity index (χ0n) is 14.7. The van der Waals surface area contributed by atoms with Crippen LogP contribution in [0.3, 0.4) is 0 Å². The second kappa shape index (κ2) is 6.80. The quantitative estimate of drug-likeness (QED) is 0.785. The Morgan fingerprint density at radius 1 is 1.20 bits per heavy atom. The number of fused-ring (bicyclic) bond motifs is 1. The maximum Gasteiger partial charge on any atom is 0.289 e. The first kappa shape index (κ1) is 16.8. The summed E-state index contributed by atoms with van der Waals surface area (Å²) in [6.45, 7) is 4.27. The van der Waals surface area contributed by atoms with Gasteiger partial charge in [-0.25, -0.2) is 15.0 Å². The van der Waals surface area contributed by atoms with Crippen molar-refractivity contribution >= 4 is 22.8 Å². The average molecular weight is 336 g/mol. The van der Waals surface area contributed by atoms with Crippen LogP contribution in [0, 0.1) is 13.8 Å². The highest BCUT2D eigenvalue weighted by molar-refractivity contribution is 5.96. The molecule has 1 amide bonds. The van der Waals surface area contributed by atoms with E-state index in [4.69, 9.17) is 0 Å². The van der Waals surface area contributed by atoms with Crippen LogP contribution in [0.2, 0.25) is 0 Å². The molecule has 3 rings (SSSR count).